The third-order valence-corrected chi connectivity index (χ3v) is 6.39. The van der Waals surface area contributed by atoms with Crippen LogP contribution in [0.5, 0.6) is 0 Å². The quantitative estimate of drug-likeness (QED) is 0.296. The van der Waals surface area contributed by atoms with Crippen LogP contribution in [0, 0.1) is 0 Å². The van der Waals surface area contributed by atoms with Crippen molar-refractivity contribution in [3.63, 3.8) is 0 Å². The summed E-state index contributed by atoms with van der Waals surface area (Å²) in [5.74, 6) is -0.942. The maximum Gasteiger partial charge on any atom is 0.321 e. The van der Waals surface area contributed by atoms with Crippen molar-refractivity contribution in [3.8, 4) is 0 Å². The van der Waals surface area contributed by atoms with Crippen LogP contribution in [0.25, 0.3) is 5.65 Å². The van der Waals surface area contributed by atoms with Crippen LogP contribution in [-0.4, -0.2) is 26.5 Å². The standard InChI is InChI=1S/C29H26N4O2/c30-25-17-16-24(33-19-18-31-27(25)33)20-26(28(34)35)32-29(21-10-4-1-5-11-21,22-12-6-2-7-13-22)23-14-8-3-9-15-23/h1-19,26,32H,20,30H2,(H,34,35)/t26-/m0/s1. The summed E-state index contributed by atoms with van der Waals surface area (Å²) >= 11 is 0. The molecule has 0 aliphatic carbocycles. The normalized spacial score (nSPS) is 12.5. The fourth-order valence-corrected chi connectivity index (χ4v) is 4.74. The topological polar surface area (TPSA) is 92.6 Å². The summed E-state index contributed by atoms with van der Waals surface area (Å²) < 4.78 is 1.85. The molecule has 0 aliphatic heterocycles. The lowest BCUT2D eigenvalue weighted by atomic mass is 9.76. The number of nitrogen functional groups attached to an aromatic ring is 1. The molecular weight excluding hydrogens is 436 g/mol. The van der Waals surface area contributed by atoms with Crippen LogP contribution in [0.1, 0.15) is 22.4 Å². The molecule has 0 saturated carbocycles. The molecular formula is C29H26N4O2. The lowest BCUT2D eigenvalue weighted by molar-refractivity contribution is -0.139. The maximum atomic E-state index is 12.7. The summed E-state index contributed by atoms with van der Waals surface area (Å²) in [4.78, 5) is 17.0. The van der Waals surface area contributed by atoms with Crippen molar-refractivity contribution in [3.05, 3.63) is 138 Å². The van der Waals surface area contributed by atoms with E-state index in [0.717, 1.165) is 22.4 Å². The van der Waals surface area contributed by atoms with Crippen LogP contribution in [0.3, 0.4) is 0 Å². The molecule has 6 heteroatoms. The van der Waals surface area contributed by atoms with Crippen LogP contribution in [0.4, 0.5) is 5.69 Å². The second-order valence-electron chi connectivity index (χ2n) is 8.49. The van der Waals surface area contributed by atoms with Crippen LogP contribution >= 0.6 is 0 Å². The lowest BCUT2D eigenvalue weighted by Gasteiger charge is -2.39. The molecule has 4 N–H and O–H groups in total. The molecule has 2 aromatic heterocycles. The van der Waals surface area contributed by atoms with Gasteiger partial charge in [0.1, 0.15) is 6.04 Å². The molecule has 5 aromatic rings. The minimum absolute atomic E-state index is 0.233. The van der Waals surface area contributed by atoms with Gasteiger partial charge in [-0.15, -0.1) is 0 Å². The average Bonchev–Trinajstić information content (AvgIpc) is 3.41. The molecule has 3 aromatic carbocycles. The third-order valence-electron chi connectivity index (χ3n) is 6.39. The van der Waals surface area contributed by atoms with Crippen molar-refractivity contribution in [1.29, 1.82) is 0 Å². The molecule has 5 rings (SSSR count). The van der Waals surface area contributed by atoms with Gasteiger partial charge >= 0.3 is 5.97 Å². The second kappa shape index (κ2) is 9.44. The van der Waals surface area contributed by atoms with Crippen molar-refractivity contribution in [1.82, 2.24) is 14.7 Å². The van der Waals surface area contributed by atoms with E-state index in [-0.39, 0.29) is 6.42 Å². The van der Waals surface area contributed by atoms with E-state index in [1.54, 1.807) is 18.5 Å². The summed E-state index contributed by atoms with van der Waals surface area (Å²) in [6.45, 7) is 0. The van der Waals surface area contributed by atoms with E-state index >= 15 is 0 Å². The molecule has 35 heavy (non-hydrogen) atoms. The highest BCUT2D eigenvalue weighted by Crippen LogP contribution is 2.37. The number of hydrogen-bond donors (Lipinski definition) is 3. The van der Waals surface area contributed by atoms with E-state index in [9.17, 15) is 9.90 Å². The molecule has 0 amide bonds. The van der Waals surface area contributed by atoms with Crippen molar-refractivity contribution in [2.45, 2.75) is 18.0 Å². The van der Waals surface area contributed by atoms with Gasteiger partial charge in [-0.3, -0.25) is 10.1 Å². The van der Waals surface area contributed by atoms with E-state index in [2.05, 4.69) is 10.3 Å². The summed E-state index contributed by atoms with van der Waals surface area (Å²) in [6, 6.07) is 32.6. The summed E-state index contributed by atoms with van der Waals surface area (Å²) in [5.41, 5.74) is 10.0. The van der Waals surface area contributed by atoms with Gasteiger partial charge in [0.25, 0.3) is 0 Å². The zero-order valence-corrected chi connectivity index (χ0v) is 19.1. The Balaban J connectivity index is 1.67. The van der Waals surface area contributed by atoms with Gasteiger partial charge in [-0.2, -0.15) is 0 Å². The lowest BCUT2D eigenvalue weighted by Crippen LogP contribution is -2.53. The van der Waals surface area contributed by atoms with E-state index in [1.165, 1.54) is 0 Å². The number of aromatic nitrogens is 2. The van der Waals surface area contributed by atoms with Gasteiger partial charge in [-0.25, -0.2) is 4.98 Å². The molecule has 0 bridgehead atoms. The molecule has 0 fully saturated rings. The molecule has 0 radical (unpaired) electrons. The predicted octanol–water partition coefficient (Wildman–Crippen LogP) is 4.49. The first-order valence-electron chi connectivity index (χ1n) is 11.5. The van der Waals surface area contributed by atoms with Crippen LogP contribution < -0.4 is 11.1 Å². The Morgan fingerprint density at radius 1 is 0.857 bits per heavy atom. The van der Waals surface area contributed by atoms with Crippen LogP contribution in [0.15, 0.2) is 116 Å². The number of nitrogens with zero attached hydrogens (tertiary/aromatic N) is 2. The van der Waals surface area contributed by atoms with Gasteiger partial charge in [0.05, 0.1) is 11.2 Å². The molecule has 6 nitrogen and oxygen atoms in total. The smallest absolute Gasteiger partial charge is 0.321 e. The number of anilines is 1. The number of aliphatic carboxylic acids is 1. The number of benzene rings is 3. The number of rotatable bonds is 8. The molecule has 0 unspecified atom stereocenters. The SMILES string of the molecule is Nc1ccc(C[C@H](NC(c2ccccc2)(c2ccccc2)c2ccccc2)C(=O)O)n2ccnc12. The molecule has 0 spiro atoms. The van der Waals surface area contributed by atoms with Gasteiger partial charge in [-0.05, 0) is 28.8 Å². The fraction of sp³-hybridized carbons (Fsp3) is 0.103. The average molecular weight is 463 g/mol. The number of pyridine rings is 1. The Morgan fingerprint density at radius 3 is 1.86 bits per heavy atom. The first kappa shape index (κ1) is 22.4. The molecule has 1 atom stereocenters. The number of carboxylic acids is 1. The highest BCUT2D eigenvalue weighted by atomic mass is 16.4. The predicted molar refractivity (Wildman–Crippen MR) is 137 cm³/mol. The van der Waals surface area contributed by atoms with Gasteiger partial charge in [0.15, 0.2) is 5.65 Å². The molecule has 174 valence electrons. The molecule has 0 aliphatic rings. The highest BCUT2D eigenvalue weighted by Gasteiger charge is 2.40. The number of nitrogens with one attached hydrogen (secondary N) is 1. The van der Waals surface area contributed by atoms with Crippen LogP contribution in [0.2, 0.25) is 0 Å². The Bertz CT molecular complexity index is 1340. The summed E-state index contributed by atoms with van der Waals surface area (Å²) in [7, 11) is 0. The molecule has 0 saturated heterocycles. The fourth-order valence-electron chi connectivity index (χ4n) is 4.74. The van der Waals surface area contributed by atoms with Gasteiger partial charge < -0.3 is 15.2 Å². The first-order valence-corrected chi connectivity index (χ1v) is 11.5. The number of fused-ring (bicyclic) bond motifs is 1. The van der Waals surface area contributed by atoms with Crippen molar-refractivity contribution >= 4 is 17.3 Å². The second-order valence-corrected chi connectivity index (χ2v) is 8.49. The van der Waals surface area contributed by atoms with Gasteiger partial charge in [0.2, 0.25) is 0 Å². The Morgan fingerprint density at radius 2 is 1.37 bits per heavy atom. The van der Waals surface area contributed by atoms with Gasteiger partial charge in [0, 0.05) is 24.5 Å². The largest absolute Gasteiger partial charge is 0.480 e. The van der Waals surface area contributed by atoms with Gasteiger partial charge in [-0.1, -0.05) is 91.0 Å². The number of imidazole rings is 1. The number of carboxylic acid groups (broad SMARTS) is 1. The summed E-state index contributed by atoms with van der Waals surface area (Å²) in [5, 5.41) is 14.0. The maximum absolute atomic E-state index is 12.7. The van der Waals surface area contributed by atoms with Crippen molar-refractivity contribution in [2.24, 2.45) is 0 Å². The Kier molecular flexibility index (Phi) is 6.04. The minimum Gasteiger partial charge on any atom is -0.480 e. The van der Waals surface area contributed by atoms with E-state index in [0.29, 0.717) is 11.3 Å². The van der Waals surface area contributed by atoms with E-state index < -0.39 is 17.6 Å². The summed E-state index contributed by atoms with van der Waals surface area (Å²) in [6.07, 6.45) is 3.70. The van der Waals surface area contributed by atoms with Crippen molar-refractivity contribution < 1.29 is 9.90 Å². The number of nitrogens with two attached hydrogens (primary N) is 1. The van der Waals surface area contributed by atoms with E-state index in [1.807, 2.05) is 101 Å². The monoisotopic (exact) mass is 462 g/mol. The van der Waals surface area contributed by atoms with E-state index in [4.69, 9.17) is 5.73 Å². The zero-order valence-electron chi connectivity index (χ0n) is 19.1. The number of hydrogen-bond acceptors (Lipinski definition) is 4. The third kappa shape index (κ3) is 4.16. The van der Waals surface area contributed by atoms with Crippen LogP contribution in [-0.2, 0) is 16.8 Å². The first-order chi connectivity index (χ1) is 17.1. The molecule has 2 heterocycles. The Labute approximate surface area is 203 Å². The minimum atomic E-state index is -0.942. The van der Waals surface area contributed by atoms with Crippen molar-refractivity contribution in [2.75, 3.05) is 5.73 Å². The zero-order chi connectivity index (χ0) is 24.3. The Hall–Kier alpha value is -4.42. The number of carbonyl (C=O) groups is 1. The highest BCUT2D eigenvalue weighted by molar-refractivity contribution is 5.75.